The number of carboxylic acids is 1. The van der Waals surface area contributed by atoms with E-state index in [0.717, 1.165) is 0 Å². The van der Waals surface area contributed by atoms with Crippen molar-refractivity contribution in [2.75, 3.05) is 6.67 Å². The number of carbonyl (C=O) groups is 1. The van der Waals surface area contributed by atoms with E-state index in [2.05, 4.69) is 0 Å². The Hall–Kier alpha value is -0.720. The summed E-state index contributed by atoms with van der Waals surface area (Å²) in [5, 5.41) is 33.7. The van der Waals surface area contributed by atoms with Crippen LogP contribution in [0.1, 0.15) is 0 Å². The van der Waals surface area contributed by atoms with Crippen molar-refractivity contribution in [3.8, 4) is 0 Å². The molecule has 6 heteroatoms. The molecular weight excluding hydrogens is 159 g/mol. The first-order valence-electron chi connectivity index (χ1n) is 2.83. The molecule has 0 spiro atoms. The molecule has 0 saturated heterocycles. The SMILES string of the molecule is O=C(O)C(O)C(O)C(O)CF. The van der Waals surface area contributed by atoms with Crippen LogP contribution in [0.2, 0.25) is 0 Å². The van der Waals surface area contributed by atoms with E-state index in [0.29, 0.717) is 0 Å². The van der Waals surface area contributed by atoms with Crippen molar-refractivity contribution in [2.45, 2.75) is 18.3 Å². The predicted molar refractivity (Wildman–Crippen MR) is 31.6 cm³/mol. The number of rotatable bonds is 4. The van der Waals surface area contributed by atoms with Crippen LogP contribution in [0, 0.1) is 0 Å². The quantitative estimate of drug-likeness (QED) is 0.394. The van der Waals surface area contributed by atoms with Crippen molar-refractivity contribution in [3.63, 3.8) is 0 Å². The molecule has 0 aliphatic carbocycles. The lowest BCUT2D eigenvalue weighted by molar-refractivity contribution is -0.158. The van der Waals surface area contributed by atoms with Crippen LogP contribution < -0.4 is 0 Å². The van der Waals surface area contributed by atoms with Crippen molar-refractivity contribution >= 4 is 5.97 Å². The Morgan fingerprint density at radius 3 is 2.09 bits per heavy atom. The van der Waals surface area contributed by atoms with Gasteiger partial charge in [0.15, 0.2) is 6.10 Å². The van der Waals surface area contributed by atoms with Crippen LogP contribution in [-0.2, 0) is 4.79 Å². The zero-order chi connectivity index (χ0) is 9.02. The van der Waals surface area contributed by atoms with Gasteiger partial charge in [-0.15, -0.1) is 0 Å². The minimum Gasteiger partial charge on any atom is -0.479 e. The lowest BCUT2D eigenvalue weighted by Gasteiger charge is -2.16. The molecule has 66 valence electrons. The molecule has 0 radical (unpaired) electrons. The van der Waals surface area contributed by atoms with Crippen molar-refractivity contribution < 1.29 is 29.6 Å². The average Bonchev–Trinajstić information content (AvgIpc) is 2.00. The average molecular weight is 168 g/mol. The summed E-state index contributed by atoms with van der Waals surface area (Å²) in [6, 6.07) is 0. The maximum atomic E-state index is 11.5. The predicted octanol–water partition coefficient (Wildman–Crippen LogP) is -1.88. The van der Waals surface area contributed by atoms with E-state index in [9.17, 15) is 9.18 Å². The highest BCUT2D eigenvalue weighted by Gasteiger charge is 2.29. The van der Waals surface area contributed by atoms with Gasteiger partial charge in [0.1, 0.15) is 18.9 Å². The Kier molecular flexibility index (Phi) is 3.94. The third kappa shape index (κ3) is 2.79. The number of halogens is 1. The van der Waals surface area contributed by atoms with Crippen LogP contribution in [0.3, 0.4) is 0 Å². The number of aliphatic hydroxyl groups is 3. The molecule has 11 heavy (non-hydrogen) atoms. The van der Waals surface area contributed by atoms with E-state index in [1.165, 1.54) is 0 Å². The van der Waals surface area contributed by atoms with E-state index < -0.39 is 31.0 Å². The molecule has 5 nitrogen and oxygen atoms in total. The zero-order valence-corrected chi connectivity index (χ0v) is 5.51. The molecule has 0 aromatic heterocycles. The number of alkyl halides is 1. The van der Waals surface area contributed by atoms with Gasteiger partial charge in [0.05, 0.1) is 0 Å². The largest absolute Gasteiger partial charge is 0.479 e. The number of aliphatic hydroxyl groups excluding tert-OH is 3. The summed E-state index contributed by atoms with van der Waals surface area (Å²) >= 11 is 0. The topological polar surface area (TPSA) is 98.0 Å². The lowest BCUT2D eigenvalue weighted by Crippen LogP contribution is -2.43. The normalized spacial score (nSPS) is 18.9. The van der Waals surface area contributed by atoms with Crippen LogP contribution in [0.5, 0.6) is 0 Å². The Morgan fingerprint density at radius 1 is 1.36 bits per heavy atom. The highest BCUT2D eigenvalue weighted by Crippen LogP contribution is 2.00. The van der Waals surface area contributed by atoms with E-state index in [1.54, 1.807) is 0 Å². The Labute approximate surface area is 61.7 Å². The number of hydrogen-bond acceptors (Lipinski definition) is 4. The molecule has 0 bridgehead atoms. The van der Waals surface area contributed by atoms with Gasteiger partial charge in [0.2, 0.25) is 0 Å². The van der Waals surface area contributed by atoms with Crippen LogP contribution in [0.15, 0.2) is 0 Å². The van der Waals surface area contributed by atoms with Crippen molar-refractivity contribution in [1.29, 1.82) is 0 Å². The second kappa shape index (κ2) is 4.22. The maximum absolute atomic E-state index is 11.5. The van der Waals surface area contributed by atoms with Gasteiger partial charge in [-0.25, -0.2) is 9.18 Å². The summed E-state index contributed by atoms with van der Waals surface area (Å²) in [7, 11) is 0. The molecule has 0 aliphatic rings. The molecule has 0 aliphatic heterocycles. The number of carboxylic acid groups (broad SMARTS) is 1. The van der Waals surface area contributed by atoms with Crippen LogP contribution in [0.4, 0.5) is 4.39 Å². The molecule has 3 unspecified atom stereocenters. The maximum Gasteiger partial charge on any atom is 0.335 e. The van der Waals surface area contributed by atoms with Crippen molar-refractivity contribution in [1.82, 2.24) is 0 Å². The monoisotopic (exact) mass is 168 g/mol. The van der Waals surface area contributed by atoms with E-state index >= 15 is 0 Å². The van der Waals surface area contributed by atoms with Gasteiger partial charge in [-0.05, 0) is 0 Å². The fraction of sp³-hybridized carbons (Fsp3) is 0.800. The molecule has 0 fully saturated rings. The Bertz CT molecular complexity index is 139. The second-order valence-electron chi connectivity index (χ2n) is 2.00. The first-order valence-corrected chi connectivity index (χ1v) is 2.83. The Balaban J connectivity index is 4.00. The molecule has 0 heterocycles. The van der Waals surface area contributed by atoms with Gasteiger partial charge in [-0.3, -0.25) is 0 Å². The van der Waals surface area contributed by atoms with Gasteiger partial charge in [-0.1, -0.05) is 0 Å². The first-order chi connectivity index (χ1) is 5.00. The Morgan fingerprint density at radius 2 is 1.82 bits per heavy atom. The van der Waals surface area contributed by atoms with Gasteiger partial charge >= 0.3 is 5.97 Å². The van der Waals surface area contributed by atoms with Crippen LogP contribution in [-0.4, -0.2) is 51.4 Å². The molecule has 0 aromatic rings. The second-order valence-corrected chi connectivity index (χ2v) is 2.00. The fourth-order valence-corrected chi connectivity index (χ4v) is 0.448. The lowest BCUT2D eigenvalue weighted by atomic mass is 10.1. The minimum absolute atomic E-state index is 1.30. The highest BCUT2D eigenvalue weighted by molar-refractivity contribution is 5.72. The highest BCUT2D eigenvalue weighted by atomic mass is 19.1. The number of hydrogen-bond donors (Lipinski definition) is 4. The molecule has 4 N–H and O–H groups in total. The smallest absolute Gasteiger partial charge is 0.335 e. The summed E-state index contributed by atoms with van der Waals surface area (Å²) in [4.78, 5) is 9.92. The summed E-state index contributed by atoms with van der Waals surface area (Å²) < 4.78 is 11.5. The van der Waals surface area contributed by atoms with Crippen LogP contribution >= 0.6 is 0 Å². The zero-order valence-electron chi connectivity index (χ0n) is 5.51. The van der Waals surface area contributed by atoms with Gasteiger partial charge in [0, 0.05) is 0 Å². The van der Waals surface area contributed by atoms with Crippen LogP contribution in [0.25, 0.3) is 0 Å². The standard InChI is InChI=1S/C5H9FO5/c6-1-2(7)3(8)4(9)5(10)11/h2-4,7-9H,1H2,(H,10,11). The molecule has 0 saturated carbocycles. The summed E-state index contributed by atoms with van der Waals surface area (Å²) in [6.45, 7) is -1.30. The molecule has 3 atom stereocenters. The van der Waals surface area contributed by atoms with Gasteiger partial charge in [-0.2, -0.15) is 0 Å². The van der Waals surface area contributed by atoms with Gasteiger partial charge < -0.3 is 20.4 Å². The third-order valence-corrected chi connectivity index (χ3v) is 1.13. The van der Waals surface area contributed by atoms with E-state index in [-0.39, 0.29) is 0 Å². The fourth-order valence-electron chi connectivity index (χ4n) is 0.448. The summed E-state index contributed by atoms with van der Waals surface area (Å²) in [6.07, 6.45) is -6.00. The minimum atomic E-state index is -2.15. The summed E-state index contributed by atoms with van der Waals surface area (Å²) in [5.41, 5.74) is 0. The molecule has 0 rings (SSSR count). The van der Waals surface area contributed by atoms with Crippen molar-refractivity contribution in [2.24, 2.45) is 0 Å². The summed E-state index contributed by atoms with van der Waals surface area (Å²) in [5.74, 6) is -1.70. The molecule has 0 aromatic carbocycles. The van der Waals surface area contributed by atoms with Gasteiger partial charge in [0.25, 0.3) is 0 Å². The molecular formula is C5H9FO5. The molecule has 0 amide bonds. The van der Waals surface area contributed by atoms with Crippen molar-refractivity contribution in [3.05, 3.63) is 0 Å². The number of aliphatic carboxylic acids is 1. The first kappa shape index (κ1) is 10.3. The van der Waals surface area contributed by atoms with E-state index in [1.807, 2.05) is 0 Å². The van der Waals surface area contributed by atoms with E-state index in [4.69, 9.17) is 20.4 Å². The third-order valence-electron chi connectivity index (χ3n) is 1.13.